The van der Waals surface area contributed by atoms with Crippen molar-refractivity contribution >= 4 is 28.7 Å². The number of carboxylic acid groups (broad SMARTS) is 1. The van der Waals surface area contributed by atoms with E-state index in [1.54, 1.807) is 29.5 Å². The molecule has 94 valence electrons. The van der Waals surface area contributed by atoms with Crippen molar-refractivity contribution in [3.05, 3.63) is 45.6 Å². The van der Waals surface area contributed by atoms with Crippen LogP contribution in [0.3, 0.4) is 0 Å². The van der Waals surface area contributed by atoms with Crippen molar-refractivity contribution in [3.63, 3.8) is 0 Å². The van der Waals surface area contributed by atoms with E-state index in [2.05, 4.69) is 5.32 Å². The van der Waals surface area contributed by atoms with Gasteiger partial charge < -0.3 is 16.2 Å². The number of aromatic carboxylic acids is 1. The molecular weight excluding hydrogens is 248 g/mol. The van der Waals surface area contributed by atoms with Crippen LogP contribution in [0.4, 0.5) is 11.4 Å². The lowest BCUT2D eigenvalue weighted by molar-refractivity contribution is 0.0698. The molecule has 18 heavy (non-hydrogen) atoms. The highest BCUT2D eigenvalue weighted by Crippen LogP contribution is 2.25. The minimum Gasteiger partial charge on any atom is -0.478 e. The first-order chi connectivity index (χ1) is 8.58. The van der Waals surface area contributed by atoms with Crippen molar-refractivity contribution in [1.29, 1.82) is 0 Å². The summed E-state index contributed by atoms with van der Waals surface area (Å²) in [5.41, 5.74) is 6.93. The maximum absolute atomic E-state index is 11.1. The molecule has 4 nitrogen and oxygen atoms in total. The Balaban J connectivity index is 2.20. The molecule has 4 N–H and O–H groups in total. The predicted molar refractivity (Wildman–Crippen MR) is 74.2 cm³/mol. The Morgan fingerprint density at radius 3 is 2.78 bits per heavy atom. The number of benzene rings is 1. The summed E-state index contributed by atoms with van der Waals surface area (Å²) in [6.45, 7) is 2.61. The molecular formula is C13H14N2O2S. The molecule has 0 aliphatic rings. The van der Waals surface area contributed by atoms with E-state index in [0.29, 0.717) is 17.9 Å². The lowest BCUT2D eigenvalue weighted by atomic mass is 10.1. The van der Waals surface area contributed by atoms with Crippen LogP contribution in [0.5, 0.6) is 0 Å². The minimum atomic E-state index is -0.979. The lowest BCUT2D eigenvalue weighted by Crippen LogP contribution is -2.08. The zero-order chi connectivity index (χ0) is 13.1. The summed E-state index contributed by atoms with van der Waals surface area (Å²) in [5.74, 6) is -0.979. The number of carboxylic acids is 1. The highest BCUT2D eigenvalue weighted by Gasteiger charge is 2.12. The summed E-state index contributed by atoms with van der Waals surface area (Å²) in [7, 11) is 0. The second-order valence-electron chi connectivity index (χ2n) is 3.94. The van der Waals surface area contributed by atoms with E-state index >= 15 is 0 Å². The standard InChI is InChI=1S/C13H14N2O2S/c1-8-5-6-9(18-8)7-15-12-10(13(16)17)3-2-4-11(12)14/h2-6,15H,7,14H2,1H3,(H,16,17). The molecule has 1 heterocycles. The van der Waals surface area contributed by atoms with Crippen LogP contribution >= 0.6 is 11.3 Å². The van der Waals surface area contributed by atoms with E-state index in [1.807, 2.05) is 19.1 Å². The molecule has 2 rings (SSSR count). The number of nitrogen functional groups attached to an aromatic ring is 1. The zero-order valence-corrected chi connectivity index (χ0v) is 10.8. The molecule has 0 radical (unpaired) electrons. The SMILES string of the molecule is Cc1ccc(CNc2c(N)cccc2C(=O)O)s1. The molecule has 1 aromatic carbocycles. The van der Waals surface area contributed by atoms with Crippen molar-refractivity contribution in [3.8, 4) is 0 Å². The Morgan fingerprint density at radius 2 is 2.17 bits per heavy atom. The van der Waals surface area contributed by atoms with Gasteiger partial charge in [0.05, 0.1) is 16.9 Å². The average Bonchev–Trinajstić information content (AvgIpc) is 2.73. The topological polar surface area (TPSA) is 75.3 Å². The van der Waals surface area contributed by atoms with E-state index in [9.17, 15) is 4.79 Å². The highest BCUT2D eigenvalue weighted by atomic mass is 32.1. The van der Waals surface area contributed by atoms with Gasteiger partial charge >= 0.3 is 5.97 Å². The molecule has 0 amide bonds. The first kappa shape index (κ1) is 12.4. The molecule has 0 unspecified atom stereocenters. The number of aryl methyl sites for hydroxylation is 1. The fourth-order valence-electron chi connectivity index (χ4n) is 1.70. The number of hydrogen-bond donors (Lipinski definition) is 3. The molecule has 0 aliphatic carbocycles. The summed E-state index contributed by atoms with van der Waals surface area (Å²) in [4.78, 5) is 13.5. The van der Waals surface area contributed by atoms with Crippen molar-refractivity contribution in [2.75, 3.05) is 11.1 Å². The van der Waals surface area contributed by atoms with Crippen LogP contribution in [-0.4, -0.2) is 11.1 Å². The molecule has 0 aliphatic heterocycles. The first-order valence-electron chi connectivity index (χ1n) is 5.49. The third-order valence-electron chi connectivity index (χ3n) is 2.56. The second-order valence-corrected chi connectivity index (χ2v) is 5.31. The number of anilines is 2. The number of para-hydroxylation sites is 1. The summed E-state index contributed by atoms with van der Waals surface area (Å²) in [5, 5.41) is 12.2. The fraction of sp³-hybridized carbons (Fsp3) is 0.154. The third-order valence-corrected chi connectivity index (χ3v) is 3.56. The van der Waals surface area contributed by atoms with Gasteiger partial charge in [0.25, 0.3) is 0 Å². The average molecular weight is 262 g/mol. The van der Waals surface area contributed by atoms with E-state index < -0.39 is 5.97 Å². The van der Waals surface area contributed by atoms with Crippen LogP contribution in [0.15, 0.2) is 30.3 Å². The van der Waals surface area contributed by atoms with Crippen LogP contribution in [0.25, 0.3) is 0 Å². The Labute approximate surface area is 109 Å². The summed E-state index contributed by atoms with van der Waals surface area (Å²) >= 11 is 1.68. The van der Waals surface area contributed by atoms with Crippen LogP contribution in [0, 0.1) is 6.92 Å². The predicted octanol–water partition coefficient (Wildman–Crippen LogP) is 2.95. The van der Waals surface area contributed by atoms with Gasteiger partial charge in [0.15, 0.2) is 0 Å². The van der Waals surface area contributed by atoms with Gasteiger partial charge in [-0.05, 0) is 31.2 Å². The van der Waals surface area contributed by atoms with E-state index in [1.165, 1.54) is 4.88 Å². The van der Waals surface area contributed by atoms with Crippen molar-refractivity contribution in [2.24, 2.45) is 0 Å². The maximum Gasteiger partial charge on any atom is 0.337 e. The molecule has 0 spiro atoms. The van der Waals surface area contributed by atoms with Gasteiger partial charge in [-0.3, -0.25) is 0 Å². The monoisotopic (exact) mass is 262 g/mol. The van der Waals surface area contributed by atoms with Crippen LogP contribution in [0.2, 0.25) is 0 Å². The molecule has 2 aromatic rings. The fourth-order valence-corrected chi connectivity index (χ4v) is 2.53. The lowest BCUT2D eigenvalue weighted by Gasteiger charge is -2.11. The number of thiophene rings is 1. The van der Waals surface area contributed by atoms with Crippen molar-refractivity contribution < 1.29 is 9.90 Å². The normalized spacial score (nSPS) is 10.3. The molecule has 0 fully saturated rings. The molecule has 1 aromatic heterocycles. The number of carbonyl (C=O) groups is 1. The molecule has 0 bridgehead atoms. The highest BCUT2D eigenvalue weighted by molar-refractivity contribution is 7.11. The minimum absolute atomic E-state index is 0.197. The summed E-state index contributed by atoms with van der Waals surface area (Å²) in [6, 6.07) is 8.93. The van der Waals surface area contributed by atoms with E-state index in [-0.39, 0.29) is 5.56 Å². The summed E-state index contributed by atoms with van der Waals surface area (Å²) in [6.07, 6.45) is 0. The van der Waals surface area contributed by atoms with E-state index in [4.69, 9.17) is 10.8 Å². The van der Waals surface area contributed by atoms with Crippen LogP contribution < -0.4 is 11.1 Å². The molecule has 0 atom stereocenters. The molecule has 0 saturated carbocycles. The Kier molecular flexibility index (Phi) is 3.53. The second kappa shape index (κ2) is 5.10. The number of nitrogens with two attached hydrogens (primary N) is 1. The van der Waals surface area contributed by atoms with Crippen LogP contribution in [-0.2, 0) is 6.54 Å². The zero-order valence-electron chi connectivity index (χ0n) is 9.93. The number of rotatable bonds is 4. The van der Waals surface area contributed by atoms with Gasteiger partial charge in [-0.2, -0.15) is 0 Å². The van der Waals surface area contributed by atoms with Crippen LogP contribution in [0.1, 0.15) is 20.1 Å². The van der Waals surface area contributed by atoms with Gasteiger partial charge in [-0.1, -0.05) is 6.07 Å². The number of hydrogen-bond acceptors (Lipinski definition) is 4. The van der Waals surface area contributed by atoms with Crippen molar-refractivity contribution in [2.45, 2.75) is 13.5 Å². The number of nitrogens with one attached hydrogen (secondary N) is 1. The Morgan fingerprint density at radius 1 is 1.39 bits per heavy atom. The molecule has 5 heteroatoms. The van der Waals surface area contributed by atoms with Gasteiger partial charge in [0.1, 0.15) is 0 Å². The largest absolute Gasteiger partial charge is 0.478 e. The van der Waals surface area contributed by atoms with Crippen molar-refractivity contribution in [1.82, 2.24) is 0 Å². The van der Waals surface area contributed by atoms with E-state index in [0.717, 1.165) is 4.88 Å². The maximum atomic E-state index is 11.1. The molecule has 0 saturated heterocycles. The summed E-state index contributed by atoms with van der Waals surface area (Å²) < 4.78 is 0. The van der Waals surface area contributed by atoms with Gasteiger partial charge in [0, 0.05) is 16.3 Å². The Hall–Kier alpha value is -2.01. The Bertz CT molecular complexity index is 578. The first-order valence-corrected chi connectivity index (χ1v) is 6.30. The quantitative estimate of drug-likeness (QED) is 0.740. The van der Waals surface area contributed by atoms with Gasteiger partial charge in [-0.25, -0.2) is 4.79 Å². The smallest absolute Gasteiger partial charge is 0.337 e. The third kappa shape index (κ3) is 2.62. The van der Waals surface area contributed by atoms with Gasteiger partial charge in [0.2, 0.25) is 0 Å². The van der Waals surface area contributed by atoms with Gasteiger partial charge in [-0.15, -0.1) is 11.3 Å².